The zero-order valence-corrected chi connectivity index (χ0v) is 8.78. The average molecular weight is 263 g/mol. The first-order valence-electron chi connectivity index (χ1n) is 4.60. The molecule has 18 heavy (non-hydrogen) atoms. The van der Waals surface area contributed by atoms with Gasteiger partial charge in [-0.3, -0.25) is 4.79 Å². The molecule has 0 heterocycles. The molecule has 0 saturated heterocycles. The molecule has 1 rings (SSSR count). The molecule has 0 saturated carbocycles. The standard InChI is InChI=1S/C10H8F3NO4/c11-10(12,13)9(18)14-7-2-5(4-15)1-6(3-7)8(16)17/h1-3,15H,4H2,(H,14,18)(H,16,17). The number of aromatic carboxylic acids is 1. The van der Waals surface area contributed by atoms with Gasteiger partial charge in [0.1, 0.15) is 0 Å². The molecule has 0 aliphatic rings. The number of hydrogen-bond acceptors (Lipinski definition) is 3. The molecular weight excluding hydrogens is 255 g/mol. The molecule has 0 atom stereocenters. The van der Waals surface area contributed by atoms with Crippen molar-refractivity contribution in [1.29, 1.82) is 0 Å². The Hall–Kier alpha value is -2.09. The van der Waals surface area contributed by atoms with Gasteiger partial charge >= 0.3 is 18.1 Å². The molecule has 98 valence electrons. The van der Waals surface area contributed by atoms with Gasteiger partial charge in [-0.25, -0.2) is 4.79 Å². The molecule has 0 spiro atoms. The number of anilines is 1. The van der Waals surface area contributed by atoms with E-state index >= 15 is 0 Å². The summed E-state index contributed by atoms with van der Waals surface area (Å²) in [6, 6.07) is 3.01. The Morgan fingerprint density at radius 2 is 1.83 bits per heavy atom. The number of aliphatic hydroxyl groups excluding tert-OH is 1. The van der Waals surface area contributed by atoms with Gasteiger partial charge in [0, 0.05) is 5.69 Å². The van der Waals surface area contributed by atoms with Crippen LogP contribution < -0.4 is 5.32 Å². The summed E-state index contributed by atoms with van der Waals surface area (Å²) in [7, 11) is 0. The molecule has 0 aliphatic carbocycles. The summed E-state index contributed by atoms with van der Waals surface area (Å²) < 4.78 is 36.0. The van der Waals surface area contributed by atoms with Gasteiger partial charge in [0.05, 0.1) is 12.2 Å². The summed E-state index contributed by atoms with van der Waals surface area (Å²) in [5, 5.41) is 19.1. The smallest absolute Gasteiger partial charge is 0.471 e. The molecule has 0 radical (unpaired) electrons. The Kier molecular flexibility index (Phi) is 3.92. The van der Waals surface area contributed by atoms with E-state index in [0.29, 0.717) is 0 Å². The second kappa shape index (κ2) is 5.05. The largest absolute Gasteiger partial charge is 0.478 e. The molecule has 5 nitrogen and oxygen atoms in total. The van der Waals surface area contributed by atoms with Crippen LogP contribution in [0.1, 0.15) is 15.9 Å². The number of halogens is 3. The number of aliphatic hydroxyl groups is 1. The van der Waals surface area contributed by atoms with Crippen molar-refractivity contribution in [2.75, 3.05) is 5.32 Å². The summed E-state index contributed by atoms with van der Waals surface area (Å²) in [4.78, 5) is 21.4. The molecular formula is C10H8F3NO4. The van der Waals surface area contributed by atoms with Gasteiger partial charge < -0.3 is 15.5 Å². The van der Waals surface area contributed by atoms with Gasteiger partial charge in [-0.2, -0.15) is 13.2 Å². The highest BCUT2D eigenvalue weighted by Gasteiger charge is 2.38. The maximum absolute atomic E-state index is 12.0. The fourth-order valence-corrected chi connectivity index (χ4v) is 1.18. The van der Waals surface area contributed by atoms with Crippen molar-refractivity contribution in [2.24, 2.45) is 0 Å². The van der Waals surface area contributed by atoms with E-state index in [2.05, 4.69) is 0 Å². The molecule has 1 aromatic rings. The number of rotatable bonds is 3. The molecule has 3 N–H and O–H groups in total. The molecule has 0 fully saturated rings. The zero-order valence-electron chi connectivity index (χ0n) is 8.78. The van der Waals surface area contributed by atoms with Crippen LogP contribution >= 0.6 is 0 Å². The first-order chi connectivity index (χ1) is 8.24. The lowest BCUT2D eigenvalue weighted by molar-refractivity contribution is -0.167. The maximum atomic E-state index is 12.0. The number of alkyl halides is 3. The number of nitrogens with one attached hydrogen (secondary N) is 1. The number of hydrogen-bond donors (Lipinski definition) is 3. The molecule has 0 bridgehead atoms. The number of benzene rings is 1. The van der Waals surface area contributed by atoms with E-state index < -0.39 is 24.7 Å². The van der Waals surface area contributed by atoms with Crippen LogP contribution in [0.2, 0.25) is 0 Å². The van der Waals surface area contributed by atoms with Crippen LogP contribution in [0.4, 0.5) is 18.9 Å². The highest BCUT2D eigenvalue weighted by atomic mass is 19.4. The summed E-state index contributed by atoms with van der Waals surface area (Å²) in [5.41, 5.74) is -0.604. The molecule has 8 heteroatoms. The first kappa shape index (κ1) is 14.0. The van der Waals surface area contributed by atoms with Crippen molar-refractivity contribution in [3.63, 3.8) is 0 Å². The van der Waals surface area contributed by atoms with Gasteiger partial charge in [0.15, 0.2) is 0 Å². The van der Waals surface area contributed by atoms with Crippen molar-refractivity contribution in [3.05, 3.63) is 29.3 Å². The topological polar surface area (TPSA) is 86.6 Å². The third-order valence-corrected chi connectivity index (χ3v) is 1.94. The Bertz CT molecular complexity index is 485. The first-order valence-corrected chi connectivity index (χ1v) is 4.60. The van der Waals surface area contributed by atoms with Crippen LogP contribution in [0.5, 0.6) is 0 Å². The lowest BCUT2D eigenvalue weighted by Gasteiger charge is -2.10. The van der Waals surface area contributed by atoms with E-state index in [9.17, 15) is 22.8 Å². The zero-order chi connectivity index (χ0) is 13.9. The van der Waals surface area contributed by atoms with Crippen LogP contribution in [-0.2, 0) is 11.4 Å². The normalized spacial score (nSPS) is 11.1. The van der Waals surface area contributed by atoms with Crippen LogP contribution in [0.15, 0.2) is 18.2 Å². The number of carbonyl (C=O) groups is 2. The molecule has 0 aromatic heterocycles. The van der Waals surface area contributed by atoms with Gasteiger partial charge in [0.25, 0.3) is 0 Å². The van der Waals surface area contributed by atoms with E-state index in [1.807, 2.05) is 0 Å². The monoisotopic (exact) mass is 263 g/mol. The summed E-state index contributed by atoms with van der Waals surface area (Å²) in [6.07, 6.45) is -5.07. The van der Waals surface area contributed by atoms with Gasteiger partial charge in [-0.05, 0) is 23.8 Å². The van der Waals surface area contributed by atoms with Gasteiger partial charge in [-0.1, -0.05) is 0 Å². The van der Waals surface area contributed by atoms with Crippen molar-refractivity contribution in [1.82, 2.24) is 0 Å². The number of amides is 1. The van der Waals surface area contributed by atoms with Crippen LogP contribution in [-0.4, -0.2) is 28.3 Å². The third kappa shape index (κ3) is 3.45. The van der Waals surface area contributed by atoms with Gasteiger partial charge in [0.2, 0.25) is 0 Å². The number of carboxylic acid groups (broad SMARTS) is 1. The van der Waals surface area contributed by atoms with Crippen LogP contribution in [0, 0.1) is 0 Å². The molecule has 1 aromatic carbocycles. The lowest BCUT2D eigenvalue weighted by atomic mass is 10.1. The average Bonchev–Trinajstić information content (AvgIpc) is 2.27. The Morgan fingerprint density at radius 3 is 2.28 bits per heavy atom. The summed E-state index contributed by atoms with van der Waals surface area (Å²) in [5.74, 6) is -3.60. The number of carboxylic acids is 1. The summed E-state index contributed by atoms with van der Waals surface area (Å²) in [6.45, 7) is -0.560. The quantitative estimate of drug-likeness (QED) is 0.768. The van der Waals surface area contributed by atoms with E-state index in [1.54, 1.807) is 0 Å². The minimum absolute atomic E-state index is 0.0763. The van der Waals surface area contributed by atoms with Gasteiger partial charge in [-0.15, -0.1) is 0 Å². The van der Waals surface area contributed by atoms with Crippen molar-refractivity contribution in [2.45, 2.75) is 12.8 Å². The van der Waals surface area contributed by atoms with E-state index in [1.165, 1.54) is 5.32 Å². The number of carbonyl (C=O) groups excluding carboxylic acids is 1. The summed E-state index contributed by atoms with van der Waals surface area (Å²) >= 11 is 0. The molecule has 0 aliphatic heterocycles. The lowest BCUT2D eigenvalue weighted by Crippen LogP contribution is -2.30. The van der Waals surface area contributed by atoms with Crippen molar-refractivity contribution in [3.8, 4) is 0 Å². The Morgan fingerprint density at radius 1 is 1.22 bits per heavy atom. The van der Waals surface area contributed by atoms with E-state index in [-0.39, 0.29) is 16.8 Å². The Labute approximate surface area is 98.8 Å². The fourth-order valence-electron chi connectivity index (χ4n) is 1.18. The van der Waals surface area contributed by atoms with Crippen LogP contribution in [0.3, 0.4) is 0 Å². The predicted octanol–water partition coefficient (Wildman–Crippen LogP) is 1.38. The van der Waals surface area contributed by atoms with E-state index in [4.69, 9.17) is 10.2 Å². The second-order valence-corrected chi connectivity index (χ2v) is 3.33. The van der Waals surface area contributed by atoms with E-state index in [0.717, 1.165) is 18.2 Å². The Balaban J connectivity index is 3.06. The fraction of sp³-hybridized carbons (Fsp3) is 0.200. The predicted molar refractivity (Wildman–Crippen MR) is 54.0 cm³/mol. The third-order valence-electron chi connectivity index (χ3n) is 1.94. The minimum atomic E-state index is -5.07. The highest BCUT2D eigenvalue weighted by molar-refractivity contribution is 5.96. The molecule has 1 amide bonds. The minimum Gasteiger partial charge on any atom is -0.478 e. The SMILES string of the molecule is O=C(O)c1cc(CO)cc(NC(=O)C(F)(F)F)c1. The second-order valence-electron chi connectivity index (χ2n) is 3.33. The van der Waals surface area contributed by atoms with Crippen molar-refractivity contribution < 1.29 is 33.0 Å². The van der Waals surface area contributed by atoms with Crippen molar-refractivity contribution >= 4 is 17.6 Å². The molecule has 0 unspecified atom stereocenters. The van der Waals surface area contributed by atoms with Crippen LogP contribution in [0.25, 0.3) is 0 Å². The highest BCUT2D eigenvalue weighted by Crippen LogP contribution is 2.20. The maximum Gasteiger partial charge on any atom is 0.471 e.